The zero-order chi connectivity index (χ0) is 13.6. The molecule has 0 aromatic rings. The second-order valence-corrected chi connectivity index (χ2v) is 5.97. The number of ether oxygens (including phenoxy) is 1. The van der Waals surface area contributed by atoms with E-state index in [0.717, 1.165) is 12.8 Å². The minimum absolute atomic E-state index is 0.0178. The van der Waals surface area contributed by atoms with Crippen LogP contribution < -0.4 is 0 Å². The third-order valence-corrected chi connectivity index (χ3v) is 4.51. The molecule has 0 radical (unpaired) electrons. The van der Waals surface area contributed by atoms with Gasteiger partial charge in [0.25, 0.3) is 0 Å². The number of rotatable bonds is 1. The summed E-state index contributed by atoms with van der Waals surface area (Å²) in [6, 6.07) is -0.0178. The first kappa shape index (κ1) is 12.7. The van der Waals surface area contributed by atoms with Crippen LogP contribution in [-0.4, -0.2) is 65.3 Å². The maximum atomic E-state index is 12.4. The van der Waals surface area contributed by atoms with E-state index in [1.54, 1.807) is 4.90 Å². The summed E-state index contributed by atoms with van der Waals surface area (Å²) in [5.74, 6) is -1.20. The predicted molar refractivity (Wildman–Crippen MR) is 66.7 cm³/mol. The molecule has 3 saturated heterocycles. The number of nitrogens with zero attached hydrogens (tertiary/aromatic N) is 2. The molecule has 0 aromatic heterocycles. The Morgan fingerprint density at radius 2 is 1.63 bits per heavy atom. The Labute approximate surface area is 112 Å². The molecule has 0 aliphatic carbocycles. The number of carboxylic acid groups (broad SMARTS) is 1. The van der Waals surface area contributed by atoms with E-state index >= 15 is 0 Å². The fourth-order valence-electron chi connectivity index (χ4n) is 3.42. The monoisotopic (exact) mass is 268 g/mol. The number of amides is 2. The number of hydrogen-bond acceptors (Lipinski definition) is 3. The van der Waals surface area contributed by atoms with Gasteiger partial charge in [0.05, 0.1) is 18.1 Å². The molecule has 2 bridgehead atoms. The number of carbonyl (C=O) groups is 2. The Bertz CT molecular complexity index is 388. The van der Waals surface area contributed by atoms with Crippen molar-refractivity contribution in [2.24, 2.45) is 11.8 Å². The highest BCUT2D eigenvalue weighted by molar-refractivity contribution is 5.78. The fourth-order valence-corrected chi connectivity index (χ4v) is 3.42. The SMILES string of the molecule is C[C@@H]1CN(C(=O)N2CC3CCC(C2)O3)C[C@H]1C(=O)O. The van der Waals surface area contributed by atoms with Gasteiger partial charge in [-0.25, -0.2) is 4.79 Å². The molecular formula is C13H20N2O4. The highest BCUT2D eigenvalue weighted by atomic mass is 16.5. The summed E-state index contributed by atoms with van der Waals surface area (Å²) in [6.45, 7) is 4.08. The van der Waals surface area contributed by atoms with Crippen LogP contribution in [0.3, 0.4) is 0 Å². The van der Waals surface area contributed by atoms with Crippen LogP contribution in [0.5, 0.6) is 0 Å². The summed E-state index contributed by atoms with van der Waals surface area (Å²) in [5.41, 5.74) is 0. The minimum atomic E-state index is -0.801. The number of urea groups is 1. The summed E-state index contributed by atoms with van der Waals surface area (Å²) in [6.07, 6.45) is 2.42. The van der Waals surface area contributed by atoms with Crippen LogP contribution in [0.1, 0.15) is 19.8 Å². The van der Waals surface area contributed by atoms with Crippen molar-refractivity contribution in [2.45, 2.75) is 32.0 Å². The molecule has 2 amide bonds. The summed E-state index contributed by atoms with van der Waals surface area (Å²) < 4.78 is 5.71. The molecule has 3 rings (SSSR count). The molecule has 0 saturated carbocycles. The average molecular weight is 268 g/mol. The zero-order valence-corrected chi connectivity index (χ0v) is 11.1. The van der Waals surface area contributed by atoms with Crippen LogP contribution >= 0.6 is 0 Å². The van der Waals surface area contributed by atoms with Crippen molar-refractivity contribution in [3.8, 4) is 0 Å². The first-order valence-electron chi connectivity index (χ1n) is 6.96. The second kappa shape index (κ2) is 4.67. The van der Waals surface area contributed by atoms with E-state index in [-0.39, 0.29) is 24.2 Å². The van der Waals surface area contributed by atoms with E-state index < -0.39 is 11.9 Å². The lowest BCUT2D eigenvalue weighted by molar-refractivity contribution is -0.142. The molecule has 4 atom stereocenters. The Hall–Kier alpha value is -1.30. The van der Waals surface area contributed by atoms with Crippen molar-refractivity contribution in [1.29, 1.82) is 0 Å². The Morgan fingerprint density at radius 1 is 1.05 bits per heavy atom. The molecular weight excluding hydrogens is 248 g/mol. The molecule has 2 unspecified atom stereocenters. The van der Waals surface area contributed by atoms with Gasteiger partial charge < -0.3 is 19.6 Å². The maximum absolute atomic E-state index is 12.4. The van der Waals surface area contributed by atoms with Crippen LogP contribution in [0, 0.1) is 11.8 Å². The van der Waals surface area contributed by atoms with E-state index in [1.165, 1.54) is 0 Å². The molecule has 3 aliphatic rings. The number of carbonyl (C=O) groups excluding carboxylic acids is 1. The number of hydrogen-bond donors (Lipinski definition) is 1. The molecule has 19 heavy (non-hydrogen) atoms. The van der Waals surface area contributed by atoms with Crippen LogP contribution in [-0.2, 0) is 9.53 Å². The third-order valence-electron chi connectivity index (χ3n) is 4.51. The quantitative estimate of drug-likeness (QED) is 0.757. The lowest BCUT2D eigenvalue weighted by Gasteiger charge is -2.34. The first-order valence-corrected chi connectivity index (χ1v) is 6.96. The number of fused-ring (bicyclic) bond motifs is 2. The van der Waals surface area contributed by atoms with E-state index in [9.17, 15) is 9.59 Å². The molecule has 1 N–H and O–H groups in total. The molecule has 3 fully saturated rings. The summed E-state index contributed by atoms with van der Waals surface area (Å²) >= 11 is 0. The second-order valence-electron chi connectivity index (χ2n) is 5.97. The molecule has 6 nitrogen and oxygen atoms in total. The molecule has 6 heteroatoms. The maximum Gasteiger partial charge on any atom is 0.320 e. The minimum Gasteiger partial charge on any atom is -0.481 e. The number of likely N-dealkylation sites (tertiary alicyclic amines) is 2. The fraction of sp³-hybridized carbons (Fsp3) is 0.846. The normalized spacial score (nSPS) is 37.7. The van der Waals surface area contributed by atoms with Gasteiger partial charge in [-0.2, -0.15) is 0 Å². The molecule has 0 aromatic carbocycles. The van der Waals surface area contributed by atoms with Crippen molar-refractivity contribution in [1.82, 2.24) is 9.80 Å². The average Bonchev–Trinajstić information content (AvgIpc) is 2.91. The van der Waals surface area contributed by atoms with Crippen molar-refractivity contribution in [3.05, 3.63) is 0 Å². The van der Waals surface area contributed by atoms with Crippen molar-refractivity contribution in [3.63, 3.8) is 0 Å². The van der Waals surface area contributed by atoms with Crippen LogP contribution in [0.2, 0.25) is 0 Å². The summed E-state index contributed by atoms with van der Waals surface area (Å²) in [7, 11) is 0. The van der Waals surface area contributed by atoms with Gasteiger partial charge in [-0.15, -0.1) is 0 Å². The van der Waals surface area contributed by atoms with E-state index in [2.05, 4.69) is 0 Å². The highest BCUT2D eigenvalue weighted by Crippen LogP contribution is 2.29. The van der Waals surface area contributed by atoms with Crippen molar-refractivity contribution < 1.29 is 19.4 Å². The van der Waals surface area contributed by atoms with E-state index in [1.807, 2.05) is 11.8 Å². The van der Waals surface area contributed by atoms with Gasteiger partial charge in [-0.3, -0.25) is 4.79 Å². The van der Waals surface area contributed by atoms with Gasteiger partial charge in [-0.1, -0.05) is 6.92 Å². The van der Waals surface area contributed by atoms with Gasteiger partial charge in [0.15, 0.2) is 0 Å². The first-order chi connectivity index (χ1) is 9.04. The van der Waals surface area contributed by atoms with Gasteiger partial charge >= 0.3 is 12.0 Å². The van der Waals surface area contributed by atoms with Crippen molar-refractivity contribution >= 4 is 12.0 Å². The van der Waals surface area contributed by atoms with Gasteiger partial charge in [0, 0.05) is 26.2 Å². The van der Waals surface area contributed by atoms with E-state index in [0.29, 0.717) is 26.2 Å². The topological polar surface area (TPSA) is 70.1 Å². The highest BCUT2D eigenvalue weighted by Gasteiger charge is 2.41. The Balaban J connectivity index is 1.63. The lowest BCUT2D eigenvalue weighted by Crippen LogP contribution is -2.50. The summed E-state index contributed by atoms with van der Waals surface area (Å²) in [5, 5.41) is 9.12. The molecule has 106 valence electrons. The lowest BCUT2D eigenvalue weighted by atomic mass is 9.99. The van der Waals surface area contributed by atoms with Crippen LogP contribution in [0.15, 0.2) is 0 Å². The number of aliphatic carboxylic acids is 1. The third kappa shape index (κ3) is 2.29. The smallest absolute Gasteiger partial charge is 0.320 e. The standard InChI is InChI=1S/C13H20N2O4/c1-8-4-14(7-11(8)12(16)17)13(18)15-5-9-2-3-10(6-15)19-9/h8-11H,2-7H2,1H3,(H,16,17)/t8-,9?,10?,11-/m1/s1. The number of morpholine rings is 1. The zero-order valence-electron chi connectivity index (χ0n) is 11.1. The Kier molecular flexibility index (Phi) is 3.12. The molecule has 3 aliphatic heterocycles. The van der Waals surface area contributed by atoms with Gasteiger partial charge in [0.2, 0.25) is 0 Å². The van der Waals surface area contributed by atoms with Crippen molar-refractivity contribution in [2.75, 3.05) is 26.2 Å². The molecule has 3 heterocycles. The predicted octanol–water partition coefficient (Wildman–Crippen LogP) is 0.622. The number of carboxylic acids is 1. The van der Waals surface area contributed by atoms with Crippen LogP contribution in [0.25, 0.3) is 0 Å². The van der Waals surface area contributed by atoms with E-state index in [4.69, 9.17) is 9.84 Å². The largest absolute Gasteiger partial charge is 0.481 e. The van der Waals surface area contributed by atoms with Gasteiger partial charge in [0.1, 0.15) is 0 Å². The molecule has 0 spiro atoms. The summed E-state index contributed by atoms with van der Waals surface area (Å²) in [4.78, 5) is 27.1. The Morgan fingerprint density at radius 3 is 2.16 bits per heavy atom. The van der Waals surface area contributed by atoms with Crippen LogP contribution in [0.4, 0.5) is 4.79 Å². The van der Waals surface area contributed by atoms with Gasteiger partial charge in [-0.05, 0) is 18.8 Å².